The number of hydrogen-bond donors (Lipinski definition) is 0. The van der Waals surface area contributed by atoms with Crippen LogP contribution < -0.4 is 0 Å². The molecule has 0 heterocycles. The molecular weight excluding hydrogens is 98.1 g/mol. The smallest absolute Gasteiger partial charge is 0.164 e. The fourth-order valence-corrected chi connectivity index (χ4v) is 0.372. The number of nitrogens with zero attached hydrogens (tertiary/aromatic N) is 1. The molecule has 1 nitrogen and oxygen atoms in total. The molecule has 43 valence electrons. The van der Waals surface area contributed by atoms with Crippen LogP contribution in [0.25, 0.3) is 0 Å². The lowest BCUT2D eigenvalue weighted by Gasteiger charge is -1.98. The summed E-state index contributed by atoms with van der Waals surface area (Å²) in [6.45, 7) is 11.8. The molecule has 0 bridgehead atoms. The maximum Gasteiger partial charge on any atom is 0.164 e. The topological polar surface area (TPSA) is 3.01 Å². The van der Waals surface area contributed by atoms with Crippen LogP contribution in [0.5, 0.6) is 0 Å². The summed E-state index contributed by atoms with van der Waals surface area (Å²) in [5.41, 5.74) is 0. The zero-order valence-corrected chi connectivity index (χ0v) is 4.98. The third kappa shape index (κ3) is 3.34. The van der Waals surface area contributed by atoms with Gasteiger partial charge in [-0.25, -0.2) is 0 Å². The molecule has 0 unspecified atom stereocenters. The second-order valence-corrected chi connectivity index (χ2v) is 1.49. The molecule has 0 aliphatic carbocycles. The molecule has 0 aliphatic rings. The van der Waals surface area contributed by atoms with Gasteiger partial charge in [0.25, 0.3) is 0 Å². The van der Waals surface area contributed by atoms with Crippen molar-refractivity contribution >= 4 is 6.72 Å². The highest BCUT2D eigenvalue weighted by Gasteiger charge is 1.81. The Kier molecular flexibility index (Phi) is 3.85. The molecule has 0 saturated heterocycles. The molecule has 8 heavy (non-hydrogen) atoms. The first-order chi connectivity index (χ1) is 3.81. The lowest BCUT2D eigenvalue weighted by atomic mass is 10.5. The average molecular weight is 108 g/mol. The minimum absolute atomic E-state index is 0.669. The van der Waals surface area contributed by atoms with E-state index in [4.69, 9.17) is 0 Å². The molecular formula is C7H10N. The summed E-state index contributed by atoms with van der Waals surface area (Å²) in [6.07, 6.45) is 5.40. The van der Waals surface area contributed by atoms with E-state index in [1.807, 2.05) is 0 Å². The molecule has 0 amide bonds. The second-order valence-electron chi connectivity index (χ2n) is 1.49. The summed E-state index contributed by atoms with van der Waals surface area (Å²) < 4.78 is 1.76. The first-order valence-electron chi connectivity index (χ1n) is 2.36. The van der Waals surface area contributed by atoms with Crippen molar-refractivity contribution in [2.75, 3.05) is 13.1 Å². The van der Waals surface area contributed by atoms with E-state index in [1.165, 1.54) is 0 Å². The minimum atomic E-state index is 0.669. The van der Waals surface area contributed by atoms with Crippen LogP contribution in [0.4, 0.5) is 0 Å². The van der Waals surface area contributed by atoms with Crippen molar-refractivity contribution < 1.29 is 4.58 Å². The molecule has 0 spiro atoms. The largest absolute Gasteiger partial charge is 0.436 e. The van der Waals surface area contributed by atoms with Gasteiger partial charge in [-0.1, -0.05) is 6.58 Å². The molecule has 0 aliphatic heterocycles. The predicted molar refractivity (Wildman–Crippen MR) is 34.9 cm³/mol. The maximum absolute atomic E-state index is 3.65. The Bertz CT molecular complexity index is 91.0. The van der Waals surface area contributed by atoms with Crippen LogP contribution in [-0.4, -0.2) is 24.4 Å². The van der Waals surface area contributed by atoms with E-state index in [1.54, 1.807) is 4.58 Å². The molecule has 0 N–H and O–H groups in total. The fourth-order valence-electron chi connectivity index (χ4n) is 0.372. The van der Waals surface area contributed by atoms with Crippen LogP contribution in [0, 0.1) is 12.2 Å². The lowest BCUT2D eigenvalue weighted by molar-refractivity contribution is -0.501. The lowest BCUT2D eigenvalue weighted by Crippen LogP contribution is -2.08. The van der Waals surface area contributed by atoms with Gasteiger partial charge in [-0.15, -0.1) is 0 Å². The van der Waals surface area contributed by atoms with E-state index in [2.05, 4.69) is 32.0 Å². The highest BCUT2D eigenvalue weighted by atomic mass is 15.0. The first-order valence-corrected chi connectivity index (χ1v) is 2.36. The van der Waals surface area contributed by atoms with E-state index in [0.29, 0.717) is 13.1 Å². The maximum atomic E-state index is 3.65. The standard InChI is InChI=1S/C7H10N/c1-4-6-8(3)7-5-2/h1-3,6-7H2. The molecule has 0 aromatic heterocycles. The highest BCUT2D eigenvalue weighted by molar-refractivity contribution is 5.14. The van der Waals surface area contributed by atoms with Crippen LogP contribution in [-0.2, 0) is 0 Å². The van der Waals surface area contributed by atoms with Crippen molar-refractivity contribution in [2.24, 2.45) is 0 Å². The quantitative estimate of drug-likeness (QED) is 0.283. The molecule has 0 rings (SSSR count). The van der Waals surface area contributed by atoms with E-state index >= 15 is 0 Å². The van der Waals surface area contributed by atoms with E-state index in [-0.39, 0.29) is 0 Å². The summed E-state index contributed by atoms with van der Waals surface area (Å²) in [7, 11) is 0. The van der Waals surface area contributed by atoms with Crippen molar-refractivity contribution in [1.29, 1.82) is 0 Å². The van der Waals surface area contributed by atoms with Gasteiger partial charge in [0.05, 0.1) is 0 Å². The Balaban J connectivity index is 3.32. The van der Waals surface area contributed by atoms with Crippen LogP contribution in [0.15, 0.2) is 13.2 Å². The number of rotatable bonds is 4. The normalized spacial score (nSPS) is 8.00. The Morgan fingerprint density at radius 1 is 1.62 bits per heavy atom. The summed E-state index contributed by atoms with van der Waals surface area (Å²) in [4.78, 5) is 0. The summed E-state index contributed by atoms with van der Waals surface area (Å²) >= 11 is 0. The van der Waals surface area contributed by atoms with Gasteiger partial charge >= 0.3 is 0 Å². The first kappa shape index (κ1) is 7.15. The van der Waals surface area contributed by atoms with Crippen molar-refractivity contribution in [3.05, 3.63) is 25.3 Å². The van der Waals surface area contributed by atoms with Gasteiger partial charge in [-0.05, 0) is 0 Å². The average Bonchev–Trinajstić information content (AvgIpc) is 1.68. The van der Waals surface area contributed by atoms with E-state index in [0.717, 1.165) is 0 Å². The zero-order valence-electron chi connectivity index (χ0n) is 4.98. The van der Waals surface area contributed by atoms with Crippen molar-refractivity contribution in [2.45, 2.75) is 0 Å². The SMILES string of the molecule is C=[C]C[N+](=C)C[C-]=C. The highest BCUT2D eigenvalue weighted by Crippen LogP contribution is 1.70. The van der Waals surface area contributed by atoms with Crippen LogP contribution in [0.1, 0.15) is 0 Å². The molecule has 0 aromatic carbocycles. The number of hydrogen-bond acceptors (Lipinski definition) is 0. The minimum Gasteiger partial charge on any atom is -0.436 e. The Labute approximate surface area is 50.7 Å². The van der Waals surface area contributed by atoms with Gasteiger partial charge < -0.3 is 6.08 Å². The van der Waals surface area contributed by atoms with Crippen LogP contribution >= 0.6 is 0 Å². The Hall–Kier alpha value is -0.850. The van der Waals surface area contributed by atoms with Gasteiger partial charge in [0.1, 0.15) is 6.72 Å². The Morgan fingerprint density at radius 3 is 2.62 bits per heavy atom. The van der Waals surface area contributed by atoms with Crippen molar-refractivity contribution in [3.63, 3.8) is 0 Å². The van der Waals surface area contributed by atoms with Gasteiger partial charge in [0.2, 0.25) is 0 Å². The van der Waals surface area contributed by atoms with Crippen LogP contribution in [0.3, 0.4) is 0 Å². The molecule has 0 atom stereocenters. The van der Waals surface area contributed by atoms with Crippen LogP contribution in [0.2, 0.25) is 0 Å². The monoisotopic (exact) mass is 108 g/mol. The third-order valence-corrected chi connectivity index (χ3v) is 0.671. The Morgan fingerprint density at radius 2 is 2.25 bits per heavy atom. The summed E-state index contributed by atoms with van der Waals surface area (Å²) in [6, 6.07) is 0. The molecule has 0 saturated carbocycles. The fraction of sp³-hybridized carbons (Fsp3) is 0.286. The zero-order chi connectivity index (χ0) is 6.41. The molecule has 1 radical (unpaired) electrons. The second kappa shape index (κ2) is 4.31. The van der Waals surface area contributed by atoms with Gasteiger partial charge in [0.15, 0.2) is 6.54 Å². The van der Waals surface area contributed by atoms with Gasteiger partial charge in [0, 0.05) is 12.6 Å². The summed E-state index contributed by atoms with van der Waals surface area (Å²) in [5, 5.41) is 0. The molecule has 0 aromatic rings. The van der Waals surface area contributed by atoms with Crippen molar-refractivity contribution in [1.82, 2.24) is 0 Å². The predicted octanol–water partition coefficient (Wildman–Crippen LogP) is 0.678. The van der Waals surface area contributed by atoms with Gasteiger partial charge in [-0.3, -0.25) is 11.2 Å². The van der Waals surface area contributed by atoms with E-state index < -0.39 is 0 Å². The van der Waals surface area contributed by atoms with Crippen molar-refractivity contribution in [3.8, 4) is 0 Å². The summed E-state index contributed by atoms with van der Waals surface area (Å²) in [5.74, 6) is 0. The molecule has 0 fully saturated rings. The van der Waals surface area contributed by atoms with E-state index in [9.17, 15) is 0 Å². The molecule has 1 heteroatoms. The van der Waals surface area contributed by atoms with Gasteiger partial charge in [-0.2, -0.15) is 0 Å². The third-order valence-electron chi connectivity index (χ3n) is 0.671.